The number of rotatable bonds is 0. The minimum atomic E-state index is 0. The molecule has 0 unspecified atom stereocenters. The van der Waals surface area contributed by atoms with E-state index in [1.807, 2.05) is 17.5 Å². The summed E-state index contributed by atoms with van der Waals surface area (Å²) in [4.78, 5) is 0. The Morgan fingerprint density at radius 2 is 2.00 bits per heavy atom. The zero-order valence-corrected chi connectivity index (χ0v) is 6.65. The first-order valence-electron chi connectivity index (χ1n) is 1.62. The molecule has 0 aromatic carbocycles. The Bertz CT molecular complexity index is 101. The summed E-state index contributed by atoms with van der Waals surface area (Å²) < 4.78 is 0. The van der Waals surface area contributed by atoms with E-state index in [0.29, 0.717) is 0 Å². The van der Waals surface area contributed by atoms with Crippen molar-refractivity contribution in [3.63, 3.8) is 0 Å². The standard InChI is InChI=1S/C4H3S.CN.Cu.Li/c1-2-4-5-3-1;1-2;;/h1-3H;;;/q2*-1;+2;+1. The molecule has 0 aliphatic heterocycles. The maximum Gasteiger partial charge on any atom is 2.00 e. The van der Waals surface area contributed by atoms with Gasteiger partial charge in [-0.15, -0.1) is 5.38 Å². The first-order valence-corrected chi connectivity index (χ1v) is 2.50. The van der Waals surface area contributed by atoms with E-state index in [-0.39, 0.29) is 35.9 Å². The molecule has 4 heteroatoms. The second kappa shape index (κ2) is 15.7. The molecule has 0 N–H and O–H groups in total. The van der Waals surface area contributed by atoms with Crippen LogP contribution in [0.1, 0.15) is 0 Å². The third kappa shape index (κ3) is 11.7. The van der Waals surface area contributed by atoms with Crippen molar-refractivity contribution in [1.29, 1.82) is 5.26 Å². The second-order valence-corrected chi connectivity index (χ2v) is 1.47. The maximum absolute atomic E-state index is 6.25. The summed E-state index contributed by atoms with van der Waals surface area (Å²) in [6.45, 7) is 4.75. The van der Waals surface area contributed by atoms with Crippen LogP contribution in [-0.2, 0) is 17.1 Å². The molecule has 1 aromatic heterocycles. The van der Waals surface area contributed by atoms with E-state index >= 15 is 0 Å². The van der Waals surface area contributed by atoms with Crippen LogP contribution in [0.5, 0.6) is 0 Å². The predicted octanol–water partition coefficient (Wildman–Crippen LogP) is -1.35. The van der Waals surface area contributed by atoms with E-state index in [0.717, 1.165) is 0 Å². The Labute approximate surface area is 81.7 Å². The van der Waals surface area contributed by atoms with Gasteiger partial charge in [0.1, 0.15) is 0 Å². The number of thiophene rings is 1. The molecule has 1 aromatic rings. The van der Waals surface area contributed by atoms with Crippen molar-refractivity contribution in [3.05, 3.63) is 29.5 Å². The number of hydrogen-bond donors (Lipinski definition) is 0. The fraction of sp³-hybridized carbons (Fsp3) is 0. The van der Waals surface area contributed by atoms with Crippen molar-refractivity contribution in [2.24, 2.45) is 0 Å². The molecule has 0 fully saturated rings. The molecule has 0 atom stereocenters. The molecule has 0 spiro atoms. The van der Waals surface area contributed by atoms with Gasteiger partial charge in [0, 0.05) is 0 Å². The molecule has 1 rings (SSSR count). The molecule has 0 saturated carbocycles. The monoisotopic (exact) mass is 179 g/mol. The van der Waals surface area contributed by atoms with Crippen molar-refractivity contribution >= 4 is 11.3 Å². The Kier molecular flexibility index (Phi) is 28.3. The van der Waals surface area contributed by atoms with Gasteiger partial charge in [-0.1, -0.05) is 0 Å². The van der Waals surface area contributed by atoms with E-state index in [1.165, 1.54) is 0 Å². The Balaban J connectivity index is -0.0000000836. The third-order valence-electron chi connectivity index (χ3n) is 0.379. The van der Waals surface area contributed by atoms with Crippen LogP contribution < -0.4 is 18.9 Å². The van der Waals surface area contributed by atoms with Gasteiger partial charge in [0.25, 0.3) is 0 Å². The van der Waals surface area contributed by atoms with Gasteiger partial charge in [0.2, 0.25) is 0 Å². The average molecular weight is 180 g/mol. The minimum Gasteiger partial charge on any atom is -0.512 e. The zero-order valence-electron chi connectivity index (χ0n) is 4.89. The van der Waals surface area contributed by atoms with Crippen molar-refractivity contribution in [3.8, 4) is 0 Å². The normalized spacial score (nSPS) is 4.67. The molecule has 1 radical (unpaired) electrons. The summed E-state index contributed by atoms with van der Waals surface area (Å²) in [5.41, 5.74) is 0. The molecule has 0 aliphatic rings. The maximum atomic E-state index is 6.25. The predicted molar refractivity (Wildman–Crippen MR) is 28.1 cm³/mol. The van der Waals surface area contributed by atoms with Crippen molar-refractivity contribution in [2.45, 2.75) is 0 Å². The van der Waals surface area contributed by atoms with Crippen LogP contribution in [0.4, 0.5) is 0 Å². The van der Waals surface area contributed by atoms with Crippen molar-refractivity contribution < 1.29 is 35.9 Å². The summed E-state index contributed by atoms with van der Waals surface area (Å²) in [6, 6.07) is 3.86. The third-order valence-corrected chi connectivity index (χ3v) is 0.944. The summed E-state index contributed by atoms with van der Waals surface area (Å²) in [7, 11) is 0. The second-order valence-electron chi connectivity index (χ2n) is 0.731. The van der Waals surface area contributed by atoms with Gasteiger partial charge >= 0.3 is 35.9 Å². The van der Waals surface area contributed by atoms with Crippen LogP contribution in [0, 0.1) is 17.2 Å². The number of hydrogen-bond acceptors (Lipinski definition) is 2. The molecular formula is C5H3CuLiNS+. The molecule has 0 saturated heterocycles. The van der Waals surface area contributed by atoms with E-state index in [9.17, 15) is 0 Å². The van der Waals surface area contributed by atoms with Crippen LogP contribution in [0.3, 0.4) is 0 Å². The van der Waals surface area contributed by atoms with Gasteiger partial charge in [-0.05, 0) is 0 Å². The molecule has 0 amide bonds. The van der Waals surface area contributed by atoms with Gasteiger partial charge in [-0.3, -0.25) is 0 Å². The van der Waals surface area contributed by atoms with Crippen LogP contribution in [0.15, 0.2) is 17.5 Å². The fourth-order valence-electron chi connectivity index (χ4n) is 0.196. The smallest absolute Gasteiger partial charge is 0.512 e. The van der Waals surface area contributed by atoms with Crippen LogP contribution in [0.2, 0.25) is 0 Å². The van der Waals surface area contributed by atoms with Gasteiger partial charge in [0.05, 0.1) is 0 Å². The average Bonchev–Trinajstić information content (AvgIpc) is 2.23. The van der Waals surface area contributed by atoms with Gasteiger partial charge in [-0.25, -0.2) is 6.07 Å². The van der Waals surface area contributed by atoms with Crippen LogP contribution in [-0.4, -0.2) is 0 Å². The first kappa shape index (κ1) is 16.1. The zero-order chi connectivity index (χ0) is 5.54. The SMILES string of the molecule is [C-]#N.[Cu+2].[Li+].[c-]1cccs1. The van der Waals surface area contributed by atoms with Gasteiger partial charge in [-0.2, -0.15) is 11.4 Å². The van der Waals surface area contributed by atoms with E-state index in [2.05, 4.69) is 5.38 Å². The summed E-state index contributed by atoms with van der Waals surface area (Å²) in [6.07, 6.45) is 0. The molecule has 0 bridgehead atoms. The van der Waals surface area contributed by atoms with Crippen LogP contribution >= 0.6 is 11.3 Å². The Morgan fingerprint density at radius 3 is 2.11 bits per heavy atom. The molecule has 45 valence electrons. The number of nitrogens with zero attached hydrogens (tertiary/aromatic N) is 1. The topological polar surface area (TPSA) is 23.8 Å². The minimum absolute atomic E-state index is 0. The summed E-state index contributed by atoms with van der Waals surface area (Å²) in [5.74, 6) is 0. The first-order chi connectivity index (χ1) is 3.50. The fourth-order valence-corrected chi connectivity index (χ4v) is 0.589. The van der Waals surface area contributed by atoms with Crippen molar-refractivity contribution in [1.82, 2.24) is 0 Å². The van der Waals surface area contributed by atoms with Crippen molar-refractivity contribution in [2.75, 3.05) is 0 Å². The summed E-state index contributed by atoms with van der Waals surface area (Å²) in [5, 5.41) is 11.1. The summed E-state index contributed by atoms with van der Waals surface area (Å²) >= 11 is 1.59. The molecule has 1 nitrogen and oxygen atoms in total. The largest absolute Gasteiger partial charge is 2.00 e. The quantitative estimate of drug-likeness (QED) is 0.357. The Morgan fingerprint density at radius 1 is 1.44 bits per heavy atom. The van der Waals surface area contributed by atoms with Gasteiger partial charge in [0.15, 0.2) is 0 Å². The molecule has 1 heterocycles. The van der Waals surface area contributed by atoms with Gasteiger partial charge < -0.3 is 23.2 Å². The molecule has 0 aliphatic carbocycles. The van der Waals surface area contributed by atoms with E-state index in [4.69, 9.17) is 11.8 Å². The van der Waals surface area contributed by atoms with E-state index < -0.39 is 0 Å². The molecule has 9 heavy (non-hydrogen) atoms. The van der Waals surface area contributed by atoms with Crippen LogP contribution in [0.25, 0.3) is 0 Å². The van der Waals surface area contributed by atoms with E-state index in [1.54, 1.807) is 11.3 Å². The Hall–Kier alpha value is 0.307. The molecular weight excluding hydrogens is 177 g/mol.